The molecule has 1 aromatic carbocycles. The Labute approximate surface area is 169 Å². The molecule has 8 heteroatoms. The molecule has 0 unspecified atom stereocenters. The number of hydrogen-bond acceptors (Lipinski definition) is 6. The summed E-state index contributed by atoms with van der Waals surface area (Å²) in [7, 11) is 0. The first-order chi connectivity index (χ1) is 13.5. The van der Waals surface area contributed by atoms with Crippen LogP contribution in [0.25, 0.3) is 20.7 Å². The molecule has 0 radical (unpaired) electrons. The molecule has 3 aromatic heterocycles. The van der Waals surface area contributed by atoms with E-state index in [1.165, 1.54) is 17.7 Å². The Bertz CT molecular complexity index is 1190. The second-order valence-electron chi connectivity index (χ2n) is 6.27. The second-order valence-corrected chi connectivity index (χ2v) is 8.08. The van der Waals surface area contributed by atoms with Crippen LogP contribution in [0.2, 0.25) is 0 Å². The number of para-hydroxylation sites is 1. The molecule has 0 aliphatic heterocycles. The van der Waals surface area contributed by atoms with Gasteiger partial charge < -0.3 is 4.74 Å². The van der Waals surface area contributed by atoms with Gasteiger partial charge in [0.2, 0.25) is 0 Å². The van der Waals surface area contributed by atoms with Crippen LogP contribution in [0.5, 0.6) is 5.75 Å². The van der Waals surface area contributed by atoms with Crippen molar-refractivity contribution >= 4 is 38.8 Å². The van der Waals surface area contributed by atoms with Gasteiger partial charge in [0.25, 0.3) is 11.5 Å². The molecule has 0 saturated carbocycles. The SMILES string of the molecule is Cc1cccc(C)c1OCC(=O)Nn1cnc2scc(-c3cccs3)c2c1=O. The van der Waals surface area contributed by atoms with Crippen LogP contribution in [-0.4, -0.2) is 22.2 Å². The zero-order valence-electron chi connectivity index (χ0n) is 15.3. The predicted molar refractivity (Wildman–Crippen MR) is 113 cm³/mol. The number of carbonyl (C=O) groups is 1. The van der Waals surface area contributed by atoms with Crippen molar-refractivity contribution in [2.24, 2.45) is 0 Å². The maximum atomic E-state index is 12.9. The average molecular weight is 412 g/mol. The van der Waals surface area contributed by atoms with Crippen LogP contribution in [-0.2, 0) is 4.79 Å². The maximum Gasteiger partial charge on any atom is 0.281 e. The zero-order valence-corrected chi connectivity index (χ0v) is 16.9. The van der Waals surface area contributed by atoms with Gasteiger partial charge >= 0.3 is 0 Å². The highest BCUT2D eigenvalue weighted by atomic mass is 32.1. The van der Waals surface area contributed by atoms with Crippen LogP contribution >= 0.6 is 22.7 Å². The van der Waals surface area contributed by atoms with Crippen LogP contribution in [0.1, 0.15) is 11.1 Å². The quantitative estimate of drug-likeness (QED) is 0.540. The average Bonchev–Trinajstić information content (AvgIpc) is 3.33. The molecule has 3 heterocycles. The minimum atomic E-state index is -0.432. The zero-order chi connectivity index (χ0) is 19.7. The normalized spacial score (nSPS) is 10.9. The molecule has 0 atom stereocenters. The number of nitrogens with zero attached hydrogens (tertiary/aromatic N) is 2. The van der Waals surface area contributed by atoms with Crippen LogP contribution in [0.3, 0.4) is 0 Å². The van der Waals surface area contributed by atoms with Crippen LogP contribution < -0.4 is 15.7 Å². The first-order valence-electron chi connectivity index (χ1n) is 8.56. The number of ether oxygens (including phenoxy) is 1. The third-order valence-electron chi connectivity index (χ3n) is 4.28. The molecule has 0 aliphatic carbocycles. The molecule has 0 fully saturated rings. The molecule has 0 spiro atoms. The van der Waals surface area contributed by atoms with Gasteiger partial charge in [-0.25, -0.2) is 9.66 Å². The van der Waals surface area contributed by atoms with Gasteiger partial charge in [-0.05, 0) is 36.4 Å². The fourth-order valence-electron chi connectivity index (χ4n) is 2.96. The number of rotatable bonds is 5. The highest BCUT2D eigenvalue weighted by molar-refractivity contribution is 7.18. The molecule has 4 aromatic rings. The maximum absolute atomic E-state index is 12.9. The third-order valence-corrected chi connectivity index (χ3v) is 6.07. The standard InChI is InChI=1S/C20H17N3O3S2/c1-12-5-3-6-13(2)18(12)26-9-16(24)22-23-11-21-19-17(20(23)25)14(10-28-19)15-7-4-8-27-15/h3-8,10-11H,9H2,1-2H3,(H,22,24). The van der Waals surface area contributed by atoms with E-state index < -0.39 is 5.91 Å². The van der Waals surface area contributed by atoms with Crippen LogP contribution in [0.4, 0.5) is 0 Å². The van der Waals surface area contributed by atoms with Crippen molar-refractivity contribution in [2.75, 3.05) is 12.0 Å². The van der Waals surface area contributed by atoms with Gasteiger partial charge in [0.05, 0.1) is 5.39 Å². The van der Waals surface area contributed by atoms with E-state index in [0.717, 1.165) is 26.2 Å². The Balaban J connectivity index is 1.56. The Hall–Kier alpha value is -2.97. The Morgan fingerprint density at radius 3 is 2.68 bits per heavy atom. The smallest absolute Gasteiger partial charge is 0.281 e. The number of carbonyl (C=O) groups excluding carboxylic acids is 1. The van der Waals surface area contributed by atoms with Crippen molar-refractivity contribution in [3.05, 3.63) is 68.9 Å². The van der Waals surface area contributed by atoms with Gasteiger partial charge in [-0.3, -0.25) is 15.0 Å². The molecule has 6 nitrogen and oxygen atoms in total. The van der Waals surface area contributed by atoms with E-state index in [1.54, 1.807) is 11.3 Å². The number of amides is 1. The van der Waals surface area contributed by atoms with Gasteiger partial charge in [0, 0.05) is 15.8 Å². The number of benzene rings is 1. The van der Waals surface area contributed by atoms with Crippen molar-refractivity contribution < 1.29 is 9.53 Å². The summed E-state index contributed by atoms with van der Waals surface area (Å²) in [5.74, 6) is 0.246. The molecule has 0 saturated heterocycles. The molecular weight excluding hydrogens is 394 g/mol. The minimum Gasteiger partial charge on any atom is -0.483 e. The summed E-state index contributed by atoms with van der Waals surface area (Å²) in [4.78, 5) is 31.2. The lowest BCUT2D eigenvalue weighted by molar-refractivity contribution is -0.119. The molecule has 0 aliphatic rings. The van der Waals surface area contributed by atoms with E-state index in [2.05, 4.69) is 10.4 Å². The minimum absolute atomic E-state index is 0.197. The van der Waals surface area contributed by atoms with Gasteiger partial charge in [-0.1, -0.05) is 24.3 Å². The number of aromatic nitrogens is 2. The monoisotopic (exact) mass is 411 g/mol. The number of hydrogen-bond donors (Lipinski definition) is 1. The molecule has 1 amide bonds. The Morgan fingerprint density at radius 2 is 1.96 bits per heavy atom. The molecule has 1 N–H and O–H groups in total. The van der Waals surface area contributed by atoms with E-state index in [9.17, 15) is 9.59 Å². The van der Waals surface area contributed by atoms with E-state index in [-0.39, 0.29) is 12.2 Å². The van der Waals surface area contributed by atoms with E-state index in [4.69, 9.17) is 4.74 Å². The predicted octanol–water partition coefficient (Wildman–Crippen LogP) is 3.95. The summed E-state index contributed by atoms with van der Waals surface area (Å²) in [6, 6.07) is 9.67. The molecule has 28 heavy (non-hydrogen) atoms. The lowest BCUT2D eigenvalue weighted by Crippen LogP contribution is -2.35. The fraction of sp³-hybridized carbons (Fsp3) is 0.150. The summed E-state index contributed by atoms with van der Waals surface area (Å²) in [6.45, 7) is 3.65. The highest BCUT2D eigenvalue weighted by Gasteiger charge is 2.15. The fourth-order valence-corrected chi connectivity index (χ4v) is 4.68. The summed E-state index contributed by atoms with van der Waals surface area (Å²) in [5, 5.41) is 4.38. The van der Waals surface area contributed by atoms with E-state index >= 15 is 0 Å². The first kappa shape index (κ1) is 18.4. The molecular formula is C20H17N3O3S2. The number of fused-ring (bicyclic) bond motifs is 1. The highest BCUT2D eigenvalue weighted by Crippen LogP contribution is 2.33. The van der Waals surface area contributed by atoms with Crippen LogP contribution in [0.15, 0.2) is 52.2 Å². The van der Waals surface area contributed by atoms with E-state index in [0.29, 0.717) is 16.0 Å². The van der Waals surface area contributed by atoms with Crippen molar-refractivity contribution in [2.45, 2.75) is 13.8 Å². The Morgan fingerprint density at radius 1 is 1.18 bits per heavy atom. The largest absolute Gasteiger partial charge is 0.483 e. The molecule has 4 rings (SSSR count). The number of nitrogens with one attached hydrogen (secondary N) is 1. The summed E-state index contributed by atoms with van der Waals surface area (Å²) < 4.78 is 6.77. The number of aryl methyl sites for hydroxylation is 2. The summed E-state index contributed by atoms with van der Waals surface area (Å²) in [6.07, 6.45) is 1.33. The second kappa shape index (κ2) is 7.57. The third kappa shape index (κ3) is 3.44. The lowest BCUT2D eigenvalue weighted by Gasteiger charge is -2.12. The van der Waals surface area contributed by atoms with Gasteiger partial charge in [-0.2, -0.15) is 0 Å². The summed E-state index contributed by atoms with van der Waals surface area (Å²) >= 11 is 2.97. The lowest BCUT2D eigenvalue weighted by atomic mass is 10.1. The number of thiophene rings is 2. The molecule has 0 bridgehead atoms. The van der Waals surface area contributed by atoms with Gasteiger partial charge in [0.1, 0.15) is 16.9 Å². The van der Waals surface area contributed by atoms with Crippen molar-refractivity contribution in [1.29, 1.82) is 0 Å². The van der Waals surface area contributed by atoms with Crippen molar-refractivity contribution in [1.82, 2.24) is 9.66 Å². The van der Waals surface area contributed by atoms with Gasteiger partial charge in [-0.15, -0.1) is 22.7 Å². The first-order valence-corrected chi connectivity index (χ1v) is 10.3. The summed E-state index contributed by atoms with van der Waals surface area (Å²) in [5.41, 5.74) is 4.99. The molecule has 142 valence electrons. The van der Waals surface area contributed by atoms with Crippen molar-refractivity contribution in [3.63, 3.8) is 0 Å². The van der Waals surface area contributed by atoms with Gasteiger partial charge in [0.15, 0.2) is 6.61 Å². The van der Waals surface area contributed by atoms with E-state index in [1.807, 2.05) is 54.9 Å². The van der Waals surface area contributed by atoms with Crippen molar-refractivity contribution in [3.8, 4) is 16.2 Å². The Kier molecular flexibility index (Phi) is 4.97. The topological polar surface area (TPSA) is 73.2 Å². The van der Waals surface area contributed by atoms with Crippen LogP contribution in [0, 0.1) is 13.8 Å².